The van der Waals surface area contributed by atoms with Gasteiger partial charge in [-0.1, -0.05) is 19.3 Å². The Kier molecular flexibility index (Phi) is 3.57. The van der Waals surface area contributed by atoms with Gasteiger partial charge in [0, 0.05) is 19.3 Å². The largest absolute Gasteiger partial charge is 0.436 e. The van der Waals surface area contributed by atoms with Crippen LogP contribution in [0.5, 0.6) is 0 Å². The van der Waals surface area contributed by atoms with E-state index in [9.17, 15) is 4.79 Å². The molecule has 4 heteroatoms. The number of hydrogen-bond donors (Lipinski definition) is 0. The van der Waals surface area contributed by atoms with Crippen LogP contribution in [0, 0.1) is 11.8 Å². The second-order valence-corrected chi connectivity index (χ2v) is 5.85. The van der Waals surface area contributed by atoms with Crippen LogP contribution in [-0.2, 0) is 19.0 Å². The van der Waals surface area contributed by atoms with Crippen molar-refractivity contribution < 1.29 is 19.0 Å². The second kappa shape index (κ2) is 5.17. The fourth-order valence-corrected chi connectivity index (χ4v) is 3.62. The number of esters is 1. The monoisotopic (exact) mass is 254 g/mol. The highest BCUT2D eigenvalue weighted by Gasteiger charge is 2.47. The average molecular weight is 254 g/mol. The third kappa shape index (κ3) is 2.54. The van der Waals surface area contributed by atoms with E-state index in [-0.39, 0.29) is 18.5 Å². The molecule has 18 heavy (non-hydrogen) atoms. The van der Waals surface area contributed by atoms with Crippen LogP contribution in [0.4, 0.5) is 0 Å². The molecule has 2 heterocycles. The lowest BCUT2D eigenvalue weighted by atomic mass is 9.83. The van der Waals surface area contributed by atoms with Gasteiger partial charge in [-0.05, 0) is 25.2 Å². The third-order valence-electron chi connectivity index (χ3n) is 4.48. The van der Waals surface area contributed by atoms with Crippen LogP contribution in [0.25, 0.3) is 0 Å². The Labute approximate surface area is 108 Å². The van der Waals surface area contributed by atoms with Gasteiger partial charge in [0.1, 0.15) is 0 Å². The van der Waals surface area contributed by atoms with E-state index in [4.69, 9.17) is 14.2 Å². The fraction of sp³-hybridized carbons (Fsp3) is 0.929. The van der Waals surface area contributed by atoms with E-state index in [0.717, 1.165) is 18.8 Å². The van der Waals surface area contributed by atoms with Gasteiger partial charge in [-0.15, -0.1) is 0 Å². The average Bonchev–Trinajstić information content (AvgIpc) is 2.87. The molecule has 2 aliphatic heterocycles. The molecule has 1 aliphatic carbocycles. The Morgan fingerprint density at radius 1 is 1.06 bits per heavy atom. The predicted molar refractivity (Wildman–Crippen MR) is 64.6 cm³/mol. The number of rotatable bonds is 2. The lowest BCUT2D eigenvalue weighted by molar-refractivity contribution is -0.213. The van der Waals surface area contributed by atoms with Gasteiger partial charge in [0.2, 0.25) is 6.29 Å². The molecule has 0 aromatic rings. The molecule has 4 atom stereocenters. The number of ether oxygens (including phenoxy) is 3. The van der Waals surface area contributed by atoms with Gasteiger partial charge < -0.3 is 14.2 Å². The quantitative estimate of drug-likeness (QED) is 0.711. The summed E-state index contributed by atoms with van der Waals surface area (Å²) in [5, 5.41) is 0. The number of hydrogen-bond acceptors (Lipinski definition) is 4. The van der Waals surface area contributed by atoms with E-state index < -0.39 is 0 Å². The molecule has 3 aliphatic rings. The van der Waals surface area contributed by atoms with Crippen molar-refractivity contribution in [2.24, 2.45) is 11.8 Å². The summed E-state index contributed by atoms with van der Waals surface area (Å²) in [6, 6.07) is 0. The second-order valence-electron chi connectivity index (χ2n) is 5.85. The van der Waals surface area contributed by atoms with Crippen LogP contribution in [0.15, 0.2) is 0 Å². The van der Waals surface area contributed by atoms with Gasteiger partial charge in [0.25, 0.3) is 0 Å². The van der Waals surface area contributed by atoms with Crippen molar-refractivity contribution in [3.8, 4) is 0 Å². The normalized spacial score (nSPS) is 40.7. The van der Waals surface area contributed by atoms with Gasteiger partial charge >= 0.3 is 5.97 Å². The molecule has 3 rings (SSSR count). The van der Waals surface area contributed by atoms with Gasteiger partial charge in [-0.3, -0.25) is 4.79 Å². The minimum atomic E-state index is -0.384. The molecule has 0 aromatic heterocycles. The molecule has 2 saturated heterocycles. The summed E-state index contributed by atoms with van der Waals surface area (Å²) in [5.41, 5.74) is 0. The standard InChI is InChI=1S/C14H22O4/c1-9(15)16-13-8-11-7-12(17-14(11)18-13)10-5-3-2-4-6-10/h10-14H,2-8H2,1H3/t11-,12?,13?,14+/m1/s1. The Bertz CT molecular complexity index is 297. The number of carbonyl (C=O) groups excluding carboxylic acids is 1. The zero-order chi connectivity index (χ0) is 12.5. The molecule has 0 N–H and O–H groups in total. The molecule has 0 amide bonds. The summed E-state index contributed by atoms with van der Waals surface area (Å²) >= 11 is 0. The van der Waals surface area contributed by atoms with Crippen LogP contribution >= 0.6 is 0 Å². The van der Waals surface area contributed by atoms with Crippen molar-refractivity contribution in [3.05, 3.63) is 0 Å². The summed E-state index contributed by atoms with van der Waals surface area (Å²) in [4.78, 5) is 10.9. The van der Waals surface area contributed by atoms with Crippen molar-refractivity contribution in [1.82, 2.24) is 0 Å². The van der Waals surface area contributed by atoms with Crippen LogP contribution in [0.1, 0.15) is 51.9 Å². The van der Waals surface area contributed by atoms with E-state index in [1.54, 1.807) is 0 Å². The predicted octanol–water partition coefficient (Wildman–Crippen LogP) is 2.61. The Hall–Kier alpha value is -0.610. The molecule has 0 bridgehead atoms. The number of fused-ring (bicyclic) bond motifs is 1. The summed E-state index contributed by atoms with van der Waals surface area (Å²) in [5.74, 6) is 0.866. The van der Waals surface area contributed by atoms with E-state index in [1.807, 2.05) is 0 Å². The first-order valence-electron chi connectivity index (χ1n) is 7.20. The van der Waals surface area contributed by atoms with Gasteiger partial charge in [0.05, 0.1) is 6.10 Å². The number of carbonyl (C=O) groups is 1. The molecule has 0 aromatic carbocycles. The van der Waals surface area contributed by atoms with E-state index in [2.05, 4.69) is 0 Å². The zero-order valence-electron chi connectivity index (χ0n) is 11.0. The van der Waals surface area contributed by atoms with Gasteiger partial charge in [0.15, 0.2) is 6.29 Å². The van der Waals surface area contributed by atoms with E-state index >= 15 is 0 Å². The van der Waals surface area contributed by atoms with Crippen molar-refractivity contribution >= 4 is 5.97 Å². The fourth-order valence-electron chi connectivity index (χ4n) is 3.62. The highest BCUT2D eigenvalue weighted by molar-refractivity contribution is 5.66. The summed E-state index contributed by atoms with van der Waals surface area (Å²) in [7, 11) is 0. The topological polar surface area (TPSA) is 44.8 Å². The first-order valence-corrected chi connectivity index (χ1v) is 7.20. The van der Waals surface area contributed by atoms with Gasteiger partial charge in [-0.2, -0.15) is 0 Å². The Balaban J connectivity index is 1.51. The maximum Gasteiger partial charge on any atom is 0.304 e. The first-order chi connectivity index (χ1) is 8.72. The first kappa shape index (κ1) is 12.4. The molecule has 1 saturated carbocycles. The maximum atomic E-state index is 10.9. The van der Waals surface area contributed by atoms with Crippen LogP contribution in [0.3, 0.4) is 0 Å². The van der Waals surface area contributed by atoms with Crippen LogP contribution in [-0.4, -0.2) is 24.7 Å². The highest BCUT2D eigenvalue weighted by atomic mass is 16.8. The lowest BCUT2D eigenvalue weighted by Gasteiger charge is -2.27. The third-order valence-corrected chi connectivity index (χ3v) is 4.48. The lowest BCUT2D eigenvalue weighted by Crippen LogP contribution is -2.26. The molecular formula is C14H22O4. The van der Waals surface area contributed by atoms with Crippen LogP contribution in [0.2, 0.25) is 0 Å². The van der Waals surface area contributed by atoms with Gasteiger partial charge in [-0.25, -0.2) is 0 Å². The van der Waals surface area contributed by atoms with Crippen molar-refractivity contribution in [2.45, 2.75) is 70.6 Å². The van der Waals surface area contributed by atoms with E-state index in [1.165, 1.54) is 39.0 Å². The molecule has 0 spiro atoms. The van der Waals surface area contributed by atoms with Crippen molar-refractivity contribution in [2.75, 3.05) is 0 Å². The summed E-state index contributed by atoms with van der Waals surface area (Å²) < 4.78 is 16.8. The smallest absolute Gasteiger partial charge is 0.304 e. The maximum absolute atomic E-state index is 10.9. The zero-order valence-corrected chi connectivity index (χ0v) is 11.0. The molecule has 2 unspecified atom stereocenters. The van der Waals surface area contributed by atoms with Crippen molar-refractivity contribution in [3.63, 3.8) is 0 Å². The Morgan fingerprint density at radius 2 is 1.83 bits per heavy atom. The molecular weight excluding hydrogens is 232 g/mol. The summed E-state index contributed by atoms with van der Waals surface area (Å²) in [6.45, 7) is 1.42. The molecule has 3 fully saturated rings. The highest BCUT2D eigenvalue weighted by Crippen LogP contribution is 2.43. The molecule has 102 valence electrons. The Morgan fingerprint density at radius 3 is 2.50 bits per heavy atom. The molecule has 0 radical (unpaired) electrons. The minimum absolute atomic E-state index is 0.138. The minimum Gasteiger partial charge on any atom is -0.436 e. The molecule has 4 nitrogen and oxygen atoms in total. The SMILES string of the molecule is CC(=O)OC1C[C@H]2CC(C3CCCCC3)O[C@H]2O1. The van der Waals surface area contributed by atoms with Crippen LogP contribution < -0.4 is 0 Å². The van der Waals surface area contributed by atoms with Crippen molar-refractivity contribution in [1.29, 1.82) is 0 Å². The van der Waals surface area contributed by atoms with E-state index in [0.29, 0.717) is 12.0 Å². The summed E-state index contributed by atoms with van der Waals surface area (Å²) in [6.07, 6.45) is 8.40.